The lowest BCUT2D eigenvalue weighted by Crippen LogP contribution is -2.13. The van der Waals surface area contributed by atoms with E-state index in [1.165, 1.54) is 19.3 Å². The zero-order valence-electron chi connectivity index (χ0n) is 11.4. The summed E-state index contributed by atoms with van der Waals surface area (Å²) >= 11 is 0. The van der Waals surface area contributed by atoms with Crippen LogP contribution in [0.25, 0.3) is 0 Å². The van der Waals surface area contributed by atoms with Crippen LogP contribution >= 0.6 is 0 Å². The molecule has 0 spiro atoms. The van der Waals surface area contributed by atoms with E-state index in [1.54, 1.807) is 19.1 Å². The van der Waals surface area contributed by atoms with Crippen molar-refractivity contribution in [3.05, 3.63) is 23.3 Å². The van der Waals surface area contributed by atoms with Crippen LogP contribution in [0.4, 0.5) is 0 Å². The summed E-state index contributed by atoms with van der Waals surface area (Å²) in [6.07, 6.45) is 5.73. The van der Waals surface area contributed by atoms with Crippen LogP contribution in [0, 0.1) is 6.92 Å². The first-order valence-electron chi connectivity index (χ1n) is 6.82. The third-order valence-electron chi connectivity index (χ3n) is 3.48. The molecule has 0 aliphatic carbocycles. The second-order valence-corrected chi connectivity index (χ2v) is 4.98. The number of benzene rings is 1. The summed E-state index contributed by atoms with van der Waals surface area (Å²) in [6, 6.07) is 3.27. The fraction of sp³-hybridized carbons (Fsp3) is 0.600. The van der Waals surface area contributed by atoms with Crippen LogP contribution in [0.15, 0.2) is 12.1 Å². The second-order valence-electron chi connectivity index (χ2n) is 4.98. The highest BCUT2D eigenvalue weighted by Gasteiger charge is 2.15. The molecule has 0 amide bonds. The van der Waals surface area contributed by atoms with Crippen molar-refractivity contribution >= 4 is 0 Å². The van der Waals surface area contributed by atoms with E-state index in [0.717, 1.165) is 18.4 Å². The van der Waals surface area contributed by atoms with Gasteiger partial charge in [-0.3, -0.25) is 0 Å². The molecular formula is C15H25NO2. The monoisotopic (exact) mass is 251 g/mol. The minimum Gasteiger partial charge on any atom is -0.508 e. The van der Waals surface area contributed by atoms with Gasteiger partial charge in [-0.15, -0.1) is 0 Å². The Morgan fingerprint density at radius 2 is 1.83 bits per heavy atom. The van der Waals surface area contributed by atoms with E-state index in [0.29, 0.717) is 12.1 Å². The van der Waals surface area contributed by atoms with E-state index in [4.69, 9.17) is 5.73 Å². The highest BCUT2D eigenvalue weighted by molar-refractivity contribution is 5.46. The maximum absolute atomic E-state index is 9.95. The van der Waals surface area contributed by atoms with Crippen LogP contribution in [-0.2, 0) is 0 Å². The molecule has 102 valence electrons. The SMILES string of the molecule is CCCCCCC(CN)c1cc(O)c(C)cc1O. The van der Waals surface area contributed by atoms with Gasteiger partial charge in [0.15, 0.2) is 0 Å². The predicted molar refractivity (Wildman–Crippen MR) is 75.1 cm³/mol. The van der Waals surface area contributed by atoms with Gasteiger partial charge in [0.05, 0.1) is 0 Å². The van der Waals surface area contributed by atoms with E-state index in [1.807, 2.05) is 0 Å². The van der Waals surface area contributed by atoms with Gasteiger partial charge in [0.25, 0.3) is 0 Å². The maximum Gasteiger partial charge on any atom is 0.119 e. The van der Waals surface area contributed by atoms with E-state index < -0.39 is 0 Å². The largest absolute Gasteiger partial charge is 0.508 e. The fourth-order valence-corrected chi connectivity index (χ4v) is 2.24. The molecule has 0 saturated carbocycles. The van der Waals surface area contributed by atoms with Crippen LogP contribution in [0.3, 0.4) is 0 Å². The molecule has 0 fully saturated rings. The first-order chi connectivity index (χ1) is 8.60. The molecule has 0 aliphatic rings. The lowest BCUT2D eigenvalue weighted by Gasteiger charge is -2.17. The van der Waals surface area contributed by atoms with Crippen molar-refractivity contribution in [2.45, 2.75) is 51.9 Å². The third kappa shape index (κ3) is 3.91. The van der Waals surface area contributed by atoms with E-state index in [2.05, 4.69) is 6.92 Å². The van der Waals surface area contributed by atoms with Crippen molar-refractivity contribution in [3.8, 4) is 11.5 Å². The summed E-state index contributed by atoms with van der Waals surface area (Å²) in [4.78, 5) is 0. The molecule has 0 bridgehead atoms. The van der Waals surface area contributed by atoms with E-state index in [-0.39, 0.29) is 17.4 Å². The number of unbranched alkanes of at least 4 members (excludes halogenated alkanes) is 3. The molecule has 1 rings (SSSR count). The number of nitrogens with two attached hydrogens (primary N) is 1. The highest BCUT2D eigenvalue weighted by Crippen LogP contribution is 2.34. The summed E-state index contributed by atoms with van der Waals surface area (Å²) < 4.78 is 0. The molecule has 3 heteroatoms. The highest BCUT2D eigenvalue weighted by atomic mass is 16.3. The molecule has 3 nitrogen and oxygen atoms in total. The smallest absolute Gasteiger partial charge is 0.119 e. The van der Waals surface area contributed by atoms with Crippen molar-refractivity contribution < 1.29 is 10.2 Å². The van der Waals surface area contributed by atoms with Crippen LogP contribution in [0.2, 0.25) is 0 Å². The van der Waals surface area contributed by atoms with Gasteiger partial charge in [0.1, 0.15) is 11.5 Å². The number of aryl methyl sites for hydroxylation is 1. The van der Waals surface area contributed by atoms with Gasteiger partial charge in [-0.05, 0) is 43.5 Å². The zero-order chi connectivity index (χ0) is 13.5. The molecule has 1 aromatic carbocycles. The Morgan fingerprint density at radius 1 is 1.11 bits per heavy atom. The quantitative estimate of drug-likeness (QED) is 0.514. The standard InChI is InChI=1S/C15H25NO2/c1-3-4-5-6-7-12(10-16)13-9-14(17)11(2)8-15(13)18/h8-9,12,17-18H,3-7,10,16H2,1-2H3. The Bertz CT molecular complexity index is 377. The van der Waals surface area contributed by atoms with Crippen LogP contribution in [0.1, 0.15) is 56.1 Å². The average molecular weight is 251 g/mol. The van der Waals surface area contributed by atoms with Gasteiger partial charge >= 0.3 is 0 Å². The first kappa shape index (κ1) is 14.8. The van der Waals surface area contributed by atoms with Gasteiger partial charge in [0.2, 0.25) is 0 Å². The zero-order valence-corrected chi connectivity index (χ0v) is 11.4. The molecule has 1 unspecified atom stereocenters. The van der Waals surface area contributed by atoms with Crippen molar-refractivity contribution in [2.75, 3.05) is 6.54 Å². The molecule has 1 aromatic rings. The van der Waals surface area contributed by atoms with Crippen molar-refractivity contribution in [1.29, 1.82) is 0 Å². The number of hydrogen-bond donors (Lipinski definition) is 3. The molecule has 0 aliphatic heterocycles. The molecule has 0 radical (unpaired) electrons. The Hall–Kier alpha value is -1.22. The molecule has 1 atom stereocenters. The van der Waals surface area contributed by atoms with Gasteiger partial charge in [0, 0.05) is 5.56 Å². The number of phenols is 2. The van der Waals surface area contributed by atoms with Gasteiger partial charge in [-0.25, -0.2) is 0 Å². The summed E-state index contributed by atoms with van der Waals surface area (Å²) in [7, 11) is 0. The van der Waals surface area contributed by atoms with Crippen molar-refractivity contribution in [2.24, 2.45) is 5.73 Å². The predicted octanol–water partition coefficient (Wildman–Crippen LogP) is 3.42. The summed E-state index contributed by atoms with van der Waals surface area (Å²) in [5.74, 6) is 0.611. The minimum absolute atomic E-state index is 0.133. The number of rotatable bonds is 7. The Morgan fingerprint density at radius 3 is 2.44 bits per heavy atom. The Kier molecular flexibility index (Phi) is 5.99. The van der Waals surface area contributed by atoms with Crippen LogP contribution < -0.4 is 5.73 Å². The Labute approximate surface area is 110 Å². The summed E-state index contributed by atoms with van der Waals surface area (Å²) in [5, 5.41) is 19.7. The van der Waals surface area contributed by atoms with E-state index in [9.17, 15) is 10.2 Å². The Balaban J connectivity index is 2.72. The lowest BCUT2D eigenvalue weighted by molar-refractivity contribution is 0.440. The molecular weight excluding hydrogens is 226 g/mol. The van der Waals surface area contributed by atoms with Crippen molar-refractivity contribution in [3.63, 3.8) is 0 Å². The first-order valence-corrected chi connectivity index (χ1v) is 6.82. The number of aromatic hydroxyl groups is 2. The molecule has 4 N–H and O–H groups in total. The second kappa shape index (κ2) is 7.27. The molecule has 0 aromatic heterocycles. The molecule has 0 heterocycles. The van der Waals surface area contributed by atoms with Crippen molar-refractivity contribution in [1.82, 2.24) is 0 Å². The fourth-order valence-electron chi connectivity index (χ4n) is 2.24. The lowest BCUT2D eigenvalue weighted by atomic mass is 9.91. The summed E-state index contributed by atoms with van der Waals surface area (Å²) in [6.45, 7) is 4.46. The van der Waals surface area contributed by atoms with Gasteiger partial charge < -0.3 is 15.9 Å². The summed E-state index contributed by atoms with van der Waals surface area (Å²) in [5.41, 5.74) is 7.25. The minimum atomic E-state index is 0.133. The number of hydrogen-bond acceptors (Lipinski definition) is 3. The average Bonchev–Trinajstić information content (AvgIpc) is 2.35. The topological polar surface area (TPSA) is 66.5 Å². The van der Waals surface area contributed by atoms with Gasteiger partial charge in [-0.2, -0.15) is 0 Å². The van der Waals surface area contributed by atoms with E-state index >= 15 is 0 Å². The normalized spacial score (nSPS) is 12.6. The third-order valence-corrected chi connectivity index (χ3v) is 3.48. The van der Waals surface area contributed by atoms with Crippen LogP contribution in [0.5, 0.6) is 11.5 Å². The maximum atomic E-state index is 9.95. The van der Waals surface area contributed by atoms with Crippen LogP contribution in [-0.4, -0.2) is 16.8 Å². The molecule has 18 heavy (non-hydrogen) atoms. The number of phenolic OH excluding ortho intramolecular Hbond substituents is 2. The molecule has 0 saturated heterocycles. The van der Waals surface area contributed by atoms with Gasteiger partial charge in [-0.1, -0.05) is 32.6 Å².